The zero-order chi connectivity index (χ0) is 23.7. The van der Waals surface area contributed by atoms with Gasteiger partial charge in [0, 0.05) is 23.6 Å². The van der Waals surface area contributed by atoms with Gasteiger partial charge < -0.3 is 13.7 Å². The number of nitrogens with zero attached hydrogens (tertiary/aromatic N) is 2. The summed E-state index contributed by atoms with van der Waals surface area (Å²) in [4.78, 5) is 2.45. The van der Waals surface area contributed by atoms with Crippen LogP contribution in [0.2, 0.25) is 0 Å². The molecule has 176 valence electrons. The van der Waals surface area contributed by atoms with Gasteiger partial charge in [0.15, 0.2) is 0 Å². The largest absolute Gasteiger partial charge is 0.379 e. The van der Waals surface area contributed by atoms with Crippen molar-refractivity contribution in [1.29, 1.82) is 0 Å². The number of hydrogen-bond donors (Lipinski definition) is 0. The molecule has 34 heavy (non-hydrogen) atoms. The first kappa shape index (κ1) is 22.6. The minimum atomic E-state index is -3.92. The Morgan fingerprint density at radius 2 is 1.68 bits per heavy atom. The maximum Gasteiger partial charge on any atom is 0.339 e. The molecule has 2 heterocycles. The average Bonchev–Trinajstić information content (AvgIpc) is 3.19. The fourth-order valence-electron chi connectivity index (χ4n) is 4.68. The van der Waals surface area contributed by atoms with E-state index in [1.165, 1.54) is 29.8 Å². The van der Waals surface area contributed by atoms with Gasteiger partial charge in [0.1, 0.15) is 16.5 Å². The number of rotatable bonds is 6. The van der Waals surface area contributed by atoms with Crippen molar-refractivity contribution in [1.82, 2.24) is 9.47 Å². The van der Waals surface area contributed by atoms with Crippen molar-refractivity contribution in [2.45, 2.75) is 30.2 Å². The van der Waals surface area contributed by atoms with Crippen molar-refractivity contribution in [3.63, 3.8) is 0 Å². The topological polar surface area (TPSA) is 51.5 Å². The van der Waals surface area contributed by atoms with Crippen LogP contribution < -0.4 is 4.18 Å². The van der Waals surface area contributed by atoms with Crippen LogP contribution in [0.25, 0.3) is 10.9 Å². The van der Waals surface area contributed by atoms with Gasteiger partial charge in [-0.1, -0.05) is 30.3 Å². The Hall–Kier alpha value is -3.16. The second-order valence-corrected chi connectivity index (χ2v) is 10.5. The molecule has 4 aromatic rings. The highest BCUT2D eigenvalue weighted by Gasteiger charge is 2.24. The second kappa shape index (κ2) is 9.24. The predicted molar refractivity (Wildman–Crippen MR) is 131 cm³/mol. The molecule has 1 aliphatic rings. The molecule has 1 fully saturated rings. The van der Waals surface area contributed by atoms with Gasteiger partial charge in [0.05, 0.1) is 0 Å². The summed E-state index contributed by atoms with van der Waals surface area (Å²) in [5.41, 5.74) is 3.20. The summed E-state index contributed by atoms with van der Waals surface area (Å²) >= 11 is 0. The quantitative estimate of drug-likeness (QED) is 0.348. The highest BCUT2D eigenvalue weighted by molar-refractivity contribution is 7.87. The van der Waals surface area contributed by atoms with E-state index in [1.54, 1.807) is 36.4 Å². The number of aromatic nitrogens is 1. The molecule has 5 nitrogen and oxygen atoms in total. The molecule has 3 aromatic carbocycles. The first-order valence-electron chi connectivity index (χ1n) is 11.4. The Bertz CT molecular complexity index is 1390. The van der Waals surface area contributed by atoms with E-state index in [-0.39, 0.29) is 10.7 Å². The smallest absolute Gasteiger partial charge is 0.339 e. The Morgan fingerprint density at radius 3 is 2.38 bits per heavy atom. The Morgan fingerprint density at radius 1 is 0.971 bits per heavy atom. The molecule has 0 saturated carbocycles. The van der Waals surface area contributed by atoms with Crippen LogP contribution in [0.4, 0.5) is 4.39 Å². The third-order valence-corrected chi connectivity index (χ3v) is 7.81. The lowest BCUT2D eigenvalue weighted by Gasteiger charge is -2.28. The molecule has 1 aromatic heterocycles. The SMILES string of the molecule is CN1CCC(c2cn(Cc3ccc(F)cc3)c3ccc(OS(=O)(=O)c4ccccc4)cc23)CC1. The molecule has 0 N–H and O–H groups in total. The van der Waals surface area contributed by atoms with Gasteiger partial charge in [-0.05, 0) is 92.5 Å². The van der Waals surface area contributed by atoms with E-state index in [1.807, 2.05) is 12.1 Å². The summed E-state index contributed by atoms with van der Waals surface area (Å²) in [5, 5.41) is 0.998. The third-order valence-electron chi connectivity index (χ3n) is 6.55. The van der Waals surface area contributed by atoms with Crippen LogP contribution in [0.3, 0.4) is 0 Å². The molecule has 0 amide bonds. The first-order chi connectivity index (χ1) is 16.4. The van der Waals surface area contributed by atoms with Crippen molar-refractivity contribution in [3.05, 3.63) is 95.9 Å². The summed E-state index contributed by atoms with van der Waals surface area (Å²) in [6.45, 7) is 2.65. The summed E-state index contributed by atoms with van der Waals surface area (Å²) in [6.07, 6.45) is 4.25. The lowest BCUT2D eigenvalue weighted by atomic mass is 9.89. The van der Waals surface area contributed by atoms with E-state index in [2.05, 4.69) is 22.7 Å². The molecule has 7 heteroatoms. The monoisotopic (exact) mass is 478 g/mol. The number of halogens is 1. The molecular weight excluding hydrogens is 451 g/mol. The molecule has 0 unspecified atom stereocenters. The molecule has 0 aliphatic carbocycles. The van der Waals surface area contributed by atoms with E-state index >= 15 is 0 Å². The minimum Gasteiger partial charge on any atom is -0.379 e. The molecule has 1 saturated heterocycles. The number of hydrogen-bond acceptors (Lipinski definition) is 4. The number of benzene rings is 3. The molecule has 0 spiro atoms. The van der Waals surface area contributed by atoms with Gasteiger partial charge in [-0.3, -0.25) is 0 Å². The third kappa shape index (κ3) is 4.72. The zero-order valence-electron chi connectivity index (χ0n) is 19.0. The maximum atomic E-state index is 13.4. The van der Waals surface area contributed by atoms with Crippen molar-refractivity contribution in [2.75, 3.05) is 20.1 Å². The van der Waals surface area contributed by atoms with Crippen molar-refractivity contribution in [3.8, 4) is 5.75 Å². The van der Waals surface area contributed by atoms with E-state index in [0.29, 0.717) is 18.2 Å². The van der Waals surface area contributed by atoms with Crippen molar-refractivity contribution < 1.29 is 17.0 Å². The van der Waals surface area contributed by atoms with Crippen LogP contribution in [0.5, 0.6) is 5.75 Å². The maximum absolute atomic E-state index is 13.4. The number of likely N-dealkylation sites (tertiary alicyclic amines) is 1. The van der Waals surface area contributed by atoms with Gasteiger partial charge in [0.2, 0.25) is 0 Å². The van der Waals surface area contributed by atoms with Gasteiger partial charge in [-0.2, -0.15) is 8.42 Å². The van der Waals surface area contributed by atoms with Crippen LogP contribution in [0.15, 0.2) is 83.9 Å². The summed E-state index contributed by atoms with van der Waals surface area (Å²) in [7, 11) is -1.79. The van der Waals surface area contributed by atoms with Gasteiger partial charge in [-0.15, -0.1) is 0 Å². The van der Waals surface area contributed by atoms with Crippen LogP contribution in [-0.4, -0.2) is 38.0 Å². The Balaban J connectivity index is 1.53. The van der Waals surface area contributed by atoms with Gasteiger partial charge in [0.25, 0.3) is 0 Å². The number of fused-ring (bicyclic) bond motifs is 1. The zero-order valence-corrected chi connectivity index (χ0v) is 19.8. The fourth-order valence-corrected chi connectivity index (χ4v) is 5.62. The van der Waals surface area contributed by atoms with Crippen LogP contribution >= 0.6 is 0 Å². The summed E-state index contributed by atoms with van der Waals surface area (Å²) < 4.78 is 46.6. The molecule has 0 bridgehead atoms. The van der Waals surface area contributed by atoms with Crippen LogP contribution in [-0.2, 0) is 16.7 Å². The molecular formula is C27H27FN2O3S. The predicted octanol–water partition coefficient (Wildman–Crippen LogP) is 5.41. The highest BCUT2D eigenvalue weighted by atomic mass is 32.2. The molecule has 0 atom stereocenters. The van der Waals surface area contributed by atoms with Crippen molar-refractivity contribution in [2.24, 2.45) is 0 Å². The Kier molecular flexibility index (Phi) is 6.15. The lowest BCUT2D eigenvalue weighted by molar-refractivity contribution is 0.256. The summed E-state index contributed by atoms with van der Waals surface area (Å²) in [6, 6.07) is 20.1. The van der Waals surface area contributed by atoms with Crippen LogP contribution in [0.1, 0.15) is 29.9 Å². The lowest BCUT2D eigenvalue weighted by Crippen LogP contribution is -2.29. The highest BCUT2D eigenvalue weighted by Crippen LogP contribution is 2.36. The standard InChI is InChI=1S/C27H27FN2O3S/c1-29-15-13-21(14-16-29)26-19-30(18-20-7-9-22(28)10-8-20)27-12-11-23(17-25(26)27)33-34(31,32)24-5-3-2-4-6-24/h2-12,17,19,21H,13-16,18H2,1H3. The molecule has 0 radical (unpaired) electrons. The molecule has 5 rings (SSSR count). The normalized spacial score (nSPS) is 15.6. The molecule has 1 aliphatic heterocycles. The van der Waals surface area contributed by atoms with E-state index < -0.39 is 10.1 Å². The van der Waals surface area contributed by atoms with E-state index in [4.69, 9.17) is 4.18 Å². The Labute approximate surface area is 199 Å². The first-order valence-corrected chi connectivity index (χ1v) is 12.9. The summed E-state index contributed by atoms with van der Waals surface area (Å²) in [5.74, 6) is 0.425. The van der Waals surface area contributed by atoms with E-state index in [0.717, 1.165) is 42.4 Å². The second-order valence-electron chi connectivity index (χ2n) is 8.95. The van der Waals surface area contributed by atoms with Crippen molar-refractivity contribution >= 4 is 21.0 Å². The minimum absolute atomic E-state index is 0.125. The number of piperidine rings is 1. The fraction of sp³-hybridized carbons (Fsp3) is 0.259. The average molecular weight is 479 g/mol. The van der Waals surface area contributed by atoms with Gasteiger partial charge >= 0.3 is 10.1 Å². The van der Waals surface area contributed by atoms with Crippen LogP contribution in [0, 0.1) is 5.82 Å². The van der Waals surface area contributed by atoms with E-state index in [9.17, 15) is 12.8 Å². The van der Waals surface area contributed by atoms with Gasteiger partial charge in [-0.25, -0.2) is 4.39 Å².